The Labute approximate surface area is 141 Å². The van der Waals surface area contributed by atoms with Gasteiger partial charge in [-0.1, -0.05) is 0 Å². The van der Waals surface area contributed by atoms with E-state index in [0.717, 1.165) is 5.69 Å². The van der Waals surface area contributed by atoms with Crippen LogP contribution in [0.5, 0.6) is 0 Å². The lowest BCUT2D eigenvalue weighted by atomic mass is 10.1. The van der Waals surface area contributed by atoms with Crippen molar-refractivity contribution in [3.05, 3.63) is 29.8 Å². The van der Waals surface area contributed by atoms with E-state index in [-0.39, 0.29) is 18.4 Å². The van der Waals surface area contributed by atoms with Crippen LogP contribution in [0.3, 0.4) is 0 Å². The van der Waals surface area contributed by atoms with E-state index in [2.05, 4.69) is 0 Å². The van der Waals surface area contributed by atoms with E-state index in [1.165, 1.54) is 18.9 Å². The quantitative estimate of drug-likeness (QED) is 0.758. The second-order valence-electron chi connectivity index (χ2n) is 5.94. The number of methoxy groups -OCH3 is 1. The smallest absolute Gasteiger partial charge is 0.330 e. The summed E-state index contributed by atoms with van der Waals surface area (Å²) in [6.45, 7) is 2.26. The molecule has 1 fully saturated rings. The number of ether oxygens (including phenoxy) is 1. The maximum absolute atomic E-state index is 12.7. The fourth-order valence-electron chi connectivity index (χ4n) is 2.77. The average molecular weight is 333 g/mol. The molecule has 0 unspecified atom stereocenters. The van der Waals surface area contributed by atoms with Crippen molar-refractivity contribution >= 4 is 23.5 Å². The summed E-state index contributed by atoms with van der Waals surface area (Å²) in [6, 6.07) is 6.52. The molecule has 0 bridgehead atoms. The molecular weight excluding hydrogens is 310 g/mol. The highest BCUT2D eigenvalue weighted by atomic mass is 16.5. The number of benzene rings is 1. The maximum Gasteiger partial charge on any atom is 0.330 e. The second kappa shape index (κ2) is 7.33. The van der Waals surface area contributed by atoms with Crippen molar-refractivity contribution in [1.29, 1.82) is 0 Å². The third kappa shape index (κ3) is 3.67. The van der Waals surface area contributed by atoms with Crippen LogP contribution in [0, 0.1) is 0 Å². The van der Waals surface area contributed by atoms with Gasteiger partial charge in [-0.25, -0.2) is 4.79 Å². The van der Waals surface area contributed by atoms with Crippen LogP contribution >= 0.6 is 0 Å². The topological polar surface area (TPSA) is 70.2 Å². The van der Waals surface area contributed by atoms with Gasteiger partial charge in [0.15, 0.2) is 0 Å². The summed E-state index contributed by atoms with van der Waals surface area (Å²) in [5, 5.41) is 0. The average Bonchev–Trinajstić information content (AvgIpc) is 2.59. The van der Waals surface area contributed by atoms with Gasteiger partial charge in [-0.3, -0.25) is 9.59 Å². The summed E-state index contributed by atoms with van der Waals surface area (Å²) in [5.74, 6) is -0.865. The van der Waals surface area contributed by atoms with Gasteiger partial charge >= 0.3 is 5.97 Å². The maximum atomic E-state index is 12.7. The molecule has 24 heavy (non-hydrogen) atoms. The van der Waals surface area contributed by atoms with E-state index < -0.39 is 12.0 Å². The Morgan fingerprint density at radius 3 is 2.25 bits per heavy atom. The molecular formula is C17H23N3O4. The second-order valence-corrected chi connectivity index (χ2v) is 5.94. The van der Waals surface area contributed by atoms with Crippen molar-refractivity contribution < 1.29 is 19.1 Å². The highest BCUT2D eigenvalue weighted by molar-refractivity contribution is 5.95. The first kappa shape index (κ1) is 17.8. The van der Waals surface area contributed by atoms with Crippen LogP contribution in [0.2, 0.25) is 0 Å². The minimum Gasteiger partial charge on any atom is -0.467 e. The van der Waals surface area contributed by atoms with Gasteiger partial charge in [-0.2, -0.15) is 0 Å². The number of hydrogen-bond donors (Lipinski definition) is 0. The SMILES string of the molecule is COC(=O)[C@@H]1CN(C(=O)c2ccc(N(C)C)cc2)CCN1C(C)=O. The normalized spacial score (nSPS) is 17.4. The molecule has 2 rings (SSSR count). The zero-order valence-electron chi connectivity index (χ0n) is 14.5. The molecule has 0 aromatic heterocycles. The molecule has 1 saturated heterocycles. The van der Waals surface area contributed by atoms with Crippen molar-refractivity contribution in [3.8, 4) is 0 Å². The standard InChI is InChI=1S/C17H23N3O4/c1-12(21)20-10-9-19(11-15(20)17(23)24-4)16(22)13-5-7-14(8-6-13)18(2)3/h5-8,15H,9-11H2,1-4H3/t15-/m0/s1. The highest BCUT2D eigenvalue weighted by Crippen LogP contribution is 2.17. The van der Waals surface area contributed by atoms with E-state index in [0.29, 0.717) is 18.7 Å². The van der Waals surface area contributed by atoms with Gasteiger partial charge in [0, 0.05) is 45.4 Å². The number of piperazine rings is 1. The number of anilines is 1. The number of hydrogen-bond acceptors (Lipinski definition) is 5. The molecule has 7 heteroatoms. The Morgan fingerprint density at radius 2 is 1.75 bits per heavy atom. The molecule has 1 aliphatic heterocycles. The first-order valence-electron chi connectivity index (χ1n) is 7.77. The molecule has 1 aliphatic rings. The number of nitrogens with zero attached hydrogens (tertiary/aromatic N) is 3. The predicted octanol–water partition coefficient (Wildman–Crippen LogP) is 0.598. The molecule has 1 heterocycles. The summed E-state index contributed by atoms with van der Waals surface area (Å²) in [5.41, 5.74) is 1.56. The van der Waals surface area contributed by atoms with Crippen molar-refractivity contribution in [1.82, 2.24) is 9.80 Å². The van der Waals surface area contributed by atoms with Gasteiger partial charge in [-0.05, 0) is 24.3 Å². The van der Waals surface area contributed by atoms with E-state index in [4.69, 9.17) is 4.74 Å². The fourth-order valence-corrected chi connectivity index (χ4v) is 2.77. The van der Waals surface area contributed by atoms with Gasteiger partial charge in [0.1, 0.15) is 6.04 Å². The van der Waals surface area contributed by atoms with E-state index in [9.17, 15) is 14.4 Å². The molecule has 2 amide bonds. The first-order valence-corrected chi connectivity index (χ1v) is 7.77. The molecule has 1 aromatic carbocycles. The van der Waals surface area contributed by atoms with Gasteiger partial charge in [0.2, 0.25) is 5.91 Å². The van der Waals surface area contributed by atoms with Crippen LogP contribution in [-0.2, 0) is 14.3 Å². The van der Waals surface area contributed by atoms with E-state index in [1.807, 2.05) is 31.1 Å². The van der Waals surface area contributed by atoms with Crippen molar-refractivity contribution in [2.45, 2.75) is 13.0 Å². The summed E-state index contributed by atoms with van der Waals surface area (Å²) in [4.78, 5) is 41.3. The Bertz CT molecular complexity index is 627. The number of carbonyl (C=O) groups excluding carboxylic acids is 3. The van der Waals surface area contributed by atoms with Crippen molar-refractivity contribution in [2.24, 2.45) is 0 Å². The third-order valence-electron chi connectivity index (χ3n) is 4.18. The van der Waals surface area contributed by atoms with Crippen molar-refractivity contribution in [3.63, 3.8) is 0 Å². The van der Waals surface area contributed by atoms with Crippen LogP contribution in [0.4, 0.5) is 5.69 Å². The van der Waals surface area contributed by atoms with Crippen molar-refractivity contribution in [2.75, 3.05) is 45.7 Å². The molecule has 7 nitrogen and oxygen atoms in total. The Morgan fingerprint density at radius 1 is 1.12 bits per heavy atom. The van der Waals surface area contributed by atoms with E-state index >= 15 is 0 Å². The number of carbonyl (C=O) groups is 3. The molecule has 0 N–H and O–H groups in total. The van der Waals surface area contributed by atoms with E-state index in [1.54, 1.807) is 17.0 Å². The van der Waals surface area contributed by atoms with Gasteiger partial charge in [0.05, 0.1) is 13.7 Å². The minimum atomic E-state index is -0.758. The zero-order valence-corrected chi connectivity index (χ0v) is 14.5. The largest absolute Gasteiger partial charge is 0.467 e. The predicted molar refractivity (Wildman–Crippen MR) is 89.9 cm³/mol. The van der Waals surface area contributed by atoms with Gasteiger partial charge in [-0.15, -0.1) is 0 Å². The lowest BCUT2D eigenvalue weighted by Crippen LogP contribution is -2.59. The Hall–Kier alpha value is -2.57. The van der Waals surface area contributed by atoms with Crippen LogP contribution in [-0.4, -0.2) is 74.5 Å². The van der Waals surface area contributed by atoms with Crippen LogP contribution < -0.4 is 4.90 Å². The number of esters is 1. The fraction of sp³-hybridized carbons (Fsp3) is 0.471. The summed E-state index contributed by atoms with van der Waals surface area (Å²) >= 11 is 0. The molecule has 130 valence electrons. The molecule has 1 atom stereocenters. The first-order chi connectivity index (χ1) is 11.3. The third-order valence-corrected chi connectivity index (χ3v) is 4.18. The van der Waals surface area contributed by atoms with Gasteiger partial charge < -0.3 is 19.4 Å². The monoisotopic (exact) mass is 333 g/mol. The van der Waals surface area contributed by atoms with Crippen LogP contribution in [0.1, 0.15) is 17.3 Å². The lowest BCUT2D eigenvalue weighted by molar-refractivity contribution is -0.154. The molecule has 0 aliphatic carbocycles. The molecule has 0 saturated carbocycles. The van der Waals surface area contributed by atoms with Gasteiger partial charge in [0.25, 0.3) is 5.91 Å². The summed E-state index contributed by atoms with van der Waals surface area (Å²) in [6.07, 6.45) is 0. The molecule has 0 spiro atoms. The Balaban J connectivity index is 2.15. The zero-order chi connectivity index (χ0) is 17.9. The highest BCUT2D eigenvalue weighted by Gasteiger charge is 2.36. The molecule has 0 radical (unpaired) electrons. The number of rotatable bonds is 3. The summed E-state index contributed by atoms with van der Waals surface area (Å²) < 4.78 is 4.77. The number of amides is 2. The lowest BCUT2D eigenvalue weighted by Gasteiger charge is -2.39. The molecule has 1 aromatic rings. The Kier molecular flexibility index (Phi) is 5.43. The summed E-state index contributed by atoms with van der Waals surface area (Å²) in [7, 11) is 5.14. The van der Waals surface area contributed by atoms with Crippen LogP contribution in [0.25, 0.3) is 0 Å². The minimum absolute atomic E-state index is 0.139. The van der Waals surface area contributed by atoms with Crippen LogP contribution in [0.15, 0.2) is 24.3 Å².